The summed E-state index contributed by atoms with van der Waals surface area (Å²) in [6, 6.07) is 16.6. The van der Waals surface area contributed by atoms with Crippen molar-refractivity contribution in [2.45, 2.75) is 24.6 Å². The van der Waals surface area contributed by atoms with Crippen LogP contribution in [0.4, 0.5) is 10.1 Å². The SMILES string of the molecule is CN1C(=O)[C@H](NC(=O)c2cc(Oc3ccccc3)ccn2)COc2ccc(C#CC3(F)CN(CC4CC4)C3)cc21. The van der Waals surface area contributed by atoms with Gasteiger partial charge in [0.05, 0.1) is 5.69 Å². The molecule has 2 amide bonds. The van der Waals surface area contributed by atoms with Gasteiger partial charge < -0.3 is 19.7 Å². The molecule has 2 fully saturated rings. The first-order valence-electron chi connectivity index (χ1n) is 13.3. The molecule has 1 saturated heterocycles. The van der Waals surface area contributed by atoms with E-state index in [4.69, 9.17) is 9.47 Å². The summed E-state index contributed by atoms with van der Waals surface area (Å²) in [7, 11) is 1.61. The second-order valence-electron chi connectivity index (χ2n) is 10.5. The highest BCUT2D eigenvalue weighted by atomic mass is 19.1. The molecule has 2 aliphatic heterocycles. The van der Waals surface area contributed by atoms with Crippen LogP contribution in [-0.2, 0) is 4.79 Å². The zero-order chi connectivity index (χ0) is 27.7. The van der Waals surface area contributed by atoms with E-state index in [2.05, 4.69) is 27.0 Å². The quantitative estimate of drug-likeness (QED) is 0.479. The van der Waals surface area contributed by atoms with Crippen molar-refractivity contribution in [3.05, 3.63) is 78.1 Å². The lowest BCUT2D eigenvalue weighted by molar-refractivity contribution is -0.120. The molecule has 40 heavy (non-hydrogen) atoms. The van der Waals surface area contributed by atoms with Gasteiger partial charge in [0.1, 0.15) is 35.6 Å². The Balaban J connectivity index is 1.11. The van der Waals surface area contributed by atoms with E-state index in [1.54, 1.807) is 43.4 Å². The Hall–Kier alpha value is -4.42. The molecule has 0 radical (unpaired) electrons. The number of ether oxygens (including phenoxy) is 2. The van der Waals surface area contributed by atoms with Gasteiger partial charge in [-0.05, 0) is 55.2 Å². The third kappa shape index (κ3) is 5.77. The summed E-state index contributed by atoms with van der Waals surface area (Å²) in [5.41, 5.74) is -0.314. The topological polar surface area (TPSA) is 84.0 Å². The first kappa shape index (κ1) is 25.8. The molecule has 1 atom stereocenters. The maximum atomic E-state index is 14.9. The van der Waals surface area contributed by atoms with Crippen LogP contribution >= 0.6 is 0 Å². The summed E-state index contributed by atoms with van der Waals surface area (Å²) >= 11 is 0. The van der Waals surface area contributed by atoms with E-state index in [-0.39, 0.29) is 18.2 Å². The number of carbonyl (C=O) groups excluding carboxylic acids is 2. The van der Waals surface area contributed by atoms with Gasteiger partial charge in [-0.25, -0.2) is 4.39 Å². The average molecular weight is 541 g/mol. The number of rotatable bonds is 6. The van der Waals surface area contributed by atoms with Gasteiger partial charge >= 0.3 is 0 Å². The van der Waals surface area contributed by atoms with Crippen LogP contribution in [0.3, 0.4) is 0 Å². The largest absolute Gasteiger partial charge is 0.489 e. The lowest BCUT2D eigenvalue weighted by Gasteiger charge is -2.41. The van der Waals surface area contributed by atoms with Crippen LogP contribution in [0.1, 0.15) is 28.9 Å². The van der Waals surface area contributed by atoms with Gasteiger partial charge in [0.15, 0.2) is 5.67 Å². The zero-order valence-electron chi connectivity index (χ0n) is 22.1. The number of nitrogens with zero attached hydrogens (tertiary/aromatic N) is 3. The molecule has 1 N–H and O–H groups in total. The lowest BCUT2D eigenvalue weighted by Crippen LogP contribution is -2.58. The number of benzene rings is 2. The highest BCUT2D eigenvalue weighted by molar-refractivity contribution is 6.03. The number of anilines is 1. The molecule has 0 unspecified atom stereocenters. The van der Waals surface area contributed by atoms with E-state index in [9.17, 15) is 14.0 Å². The molecular weight excluding hydrogens is 511 g/mol. The van der Waals surface area contributed by atoms with Crippen LogP contribution in [0.5, 0.6) is 17.2 Å². The Bertz CT molecular complexity index is 1490. The van der Waals surface area contributed by atoms with Gasteiger partial charge in [-0.1, -0.05) is 30.0 Å². The van der Waals surface area contributed by atoms with Gasteiger partial charge in [0.25, 0.3) is 11.8 Å². The first-order valence-corrected chi connectivity index (χ1v) is 13.3. The van der Waals surface area contributed by atoms with Gasteiger partial charge in [-0.15, -0.1) is 0 Å². The molecule has 3 aliphatic rings. The minimum atomic E-state index is -1.51. The normalized spacial score (nSPS) is 19.7. The lowest BCUT2D eigenvalue weighted by atomic mass is 9.96. The molecule has 1 aliphatic carbocycles. The minimum absolute atomic E-state index is 0.0580. The molecule has 9 heteroatoms. The number of hydrogen-bond donors (Lipinski definition) is 1. The summed E-state index contributed by atoms with van der Waals surface area (Å²) in [5.74, 6) is 7.09. The maximum Gasteiger partial charge on any atom is 0.270 e. The van der Waals surface area contributed by atoms with E-state index in [0.717, 1.165) is 12.5 Å². The number of fused-ring (bicyclic) bond motifs is 1. The summed E-state index contributed by atoms with van der Waals surface area (Å²) in [6.45, 7) is 1.57. The molecule has 3 aromatic rings. The number of likely N-dealkylation sites (tertiary alicyclic amines) is 1. The van der Waals surface area contributed by atoms with Crippen molar-refractivity contribution >= 4 is 17.5 Å². The molecule has 1 aromatic heterocycles. The van der Waals surface area contributed by atoms with Crippen LogP contribution in [0, 0.1) is 17.8 Å². The third-order valence-corrected chi connectivity index (χ3v) is 7.20. The van der Waals surface area contributed by atoms with Crippen LogP contribution in [-0.4, -0.2) is 66.7 Å². The van der Waals surface area contributed by atoms with Crippen molar-refractivity contribution in [3.8, 4) is 29.1 Å². The van der Waals surface area contributed by atoms with Gasteiger partial charge in [-0.2, -0.15) is 0 Å². The fourth-order valence-corrected chi connectivity index (χ4v) is 4.86. The van der Waals surface area contributed by atoms with Crippen LogP contribution in [0.15, 0.2) is 66.9 Å². The van der Waals surface area contributed by atoms with E-state index in [1.165, 1.54) is 30.0 Å². The molecule has 3 heterocycles. The number of likely N-dealkylation sites (N-methyl/N-ethyl adjacent to an activating group) is 1. The Labute approximate surface area is 232 Å². The fourth-order valence-electron chi connectivity index (χ4n) is 4.86. The molecule has 2 aromatic carbocycles. The van der Waals surface area contributed by atoms with E-state index in [1.807, 2.05) is 18.2 Å². The van der Waals surface area contributed by atoms with E-state index in [0.29, 0.717) is 41.6 Å². The number of halogens is 1. The van der Waals surface area contributed by atoms with Gasteiger partial charge in [-0.3, -0.25) is 19.5 Å². The van der Waals surface area contributed by atoms with Crippen LogP contribution in [0.25, 0.3) is 0 Å². The number of amides is 2. The monoisotopic (exact) mass is 540 g/mol. The Morgan fingerprint density at radius 3 is 2.73 bits per heavy atom. The summed E-state index contributed by atoms with van der Waals surface area (Å²) in [4.78, 5) is 33.9. The average Bonchev–Trinajstić information content (AvgIpc) is 3.78. The zero-order valence-corrected chi connectivity index (χ0v) is 22.1. The Morgan fingerprint density at radius 1 is 1.15 bits per heavy atom. The third-order valence-electron chi connectivity index (χ3n) is 7.20. The van der Waals surface area contributed by atoms with Gasteiger partial charge in [0.2, 0.25) is 0 Å². The number of hydrogen-bond acceptors (Lipinski definition) is 6. The number of pyridine rings is 1. The summed E-state index contributed by atoms with van der Waals surface area (Å²) in [5, 5.41) is 2.72. The molecule has 6 rings (SSSR count). The predicted octanol–water partition coefficient (Wildman–Crippen LogP) is 3.81. The number of aromatic nitrogens is 1. The number of para-hydroxylation sites is 1. The van der Waals surface area contributed by atoms with Crippen molar-refractivity contribution in [2.75, 3.05) is 38.2 Å². The molecule has 204 valence electrons. The minimum Gasteiger partial charge on any atom is -0.489 e. The van der Waals surface area contributed by atoms with Crippen molar-refractivity contribution in [2.24, 2.45) is 5.92 Å². The number of carbonyl (C=O) groups is 2. The predicted molar refractivity (Wildman–Crippen MR) is 147 cm³/mol. The summed E-state index contributed by atoms with van der Waals surface area (Å²) < 4.78 is 26.6. The highest BCUT2D eigenvalue weighted by Gasteiger charge is 2.43. The van der Waals surface area contributed by atoms with Gasteiger partial charge in [0, 0.05) is 44.5 Å². The molecule has 1 saturated carbocycles. The highest BCUT2D eigenvalue weighted by Crippen LogP contribution is 2.35. The second-order valence-corrected chi connectivity index (χ2v) is 10.5. The first-order chi connectivity index (χ1) is 19.3. The molecule has 0 spiro atoms. The number of alkyl halides is 1. The Kier molecular flexibility index (Phi) is 6.86. The van der Waals surface area contributed by atoms with E-state index >= 15 is 0 Å². The maximum absolute atomic E-state index is 14.9. The Morgan fingerprint density at radius 2 is 1.95 bits per heavy atom. The molecular formula is C31H29FN4O4. The number of nitrogens with one attached hydrogen (secondary N) is 1. The van der Waals surface area contributed by atoms with Crippen molar-refractivity contribution in [1.29, 1.82) is 0 Å². The second kappa shape index (κ2) is 10.6. The fraction of sp³-hybridized carbons (Fsp3) is 0.323. The van der Waals surface area contributed by atoms with E-state index < -0.39 is 17.6 Å². The molecule has 0 bridgehead atoms. The standard InChI is InChI=1S/C31H29FN4O4/c1-35-27-15-21(11-13-31(32)19-36(20-31)17-22-7-8-22)9-10-28(27)39-18-26(30(35)38)34-29(37)25-16-24(12-14-33-25)40-23-5-3-2-4-6-23/h2-6,9-10,12,14-16,22,26H,7-8,17-20H2,1H3,(H,34,37)/t26-/m1/s1. The van der Waals surface area contributed by atoms with Crippen molar-refractivity contribution in [3.63, 3.8) is 0 Å². The van der Waals surface area contributed by atoms with Crippen molar-refractivity contribution < 1.29 is 23.5 Å². The van der Waals surface area contributed by atoms with Crippen LogP contribution in [0.2, 0.25) is 0 Å². The van der Waals surface area contributed by atoms with Crippen LogP contribution < -0.4 is 19.7 Å². The molecule has 8 nitrogen and oxygen atoms in total. The summed E-state index contributed by atoms with van der Waals surface area (Å²) in [6.07, 6.45) is 3.95. The van der Waals surface area contributed by atoms with Crippen molar-refractivity contribution in [1.82, 2.24) is 15.2 Å². The smallest absolute Gasteiger partial charge is 0.270 e.